The van der Waals surface area contributed by atoms with Crippen LogP contribution in [-0.2, 0) is 4.79 Å². The molecule has 1 aromatic heterocycles. The number of rotatable bonds is 6. The van der Waals surface area contributed by atoms with Crippen molar-refractivity contribution in [3.63, 3.8) is 0 Å². The van der Waals surface area contributed by atoms with Crippen molar-refractivity contribution in [2.75, 3.05) is 6.61 Å². The molecule has 1 N–H and O–H groups in total. The number of carboxylic acids is 1. The summed E-state index contributed by atoms with van der Waals surface area (Å²) in [6.45, 7) is -0.536. The van der Waals surface area contributed by atoms with Crippen molar-refractivity contribution in [2.45, 2.75) is 0 Å². The highest BCUT2D eigenvalue weighted by atomic mass is 32.1. The number of hydrogen-bond acceptors (Lipinski definition) is 6. The quantitative estimate of drug-likeness (QED) is 0.537. The van der Waals surface area contributed by atoms with Crippen LogP contribution in [0.5, 0.6) is 5.75 Å². The van der Waals surface area contributed by atoms with Crippen molar-refractivity contribution in [1.82, 2.24) is 14.9 Å². The highest BCUT2D eigenvalue weighted by Gasteiger charge is 2.08. The van der Waals surface area contributed by atoms with Gasteiger partial charge in [-0.15, -0.1) is 0 Å². The summed E-state index contributed by atoms with van der Waals surface area (Å²) in [5.74, 6) is -0.350. The van der Waals surface area contributed by atoms with Gasteiger partial charge in [-0.3, -0.25) is 0 Å². The van der Waals surface area contributed by atoms with Gasteiger partial charge in [-0.1, -0.05) is 42.5 Å². The van der Waals surface area contributed by atoms with Gasteiger partial charge in [-0.25, -0.2) is 5.10 Å². The predicted octanol–water partition coefficient (Wildman–Crippen LogP) is 1.62. The van der Waals surface area contributed by atoms with Gasteiger partial charge in [0.1, 0.15) is 12.4 Å². The molecule has 0 atom stereocenters. The maximum Gasteiger partial charge on any atom is 0.216 e. The molecule has 0 bridgehead atoms. The minimum Gasteiger partial charge on any atom is -0.546 e. The van der Waals surface area contributed by atoms with Crippen LogP contribution in [0.15, 0.2) is 59.7 Å². The number of carboxylic acid groups (broad SMARTS) is 1. The zero-order chi connectivity index (χ0) is 17.6. The van der Waals surface area contributed by atoms with Crippen molar-refractivity contribution < 1.29 is 14.6 Å². The Bertz CT molecular complexity index is 963. The lowest BCUT2D eigenvalue weighted by Crippen LogP contribution is -2.29. The van der Waals surface area contributed by atoms with Crippen LogP contribution in [0.1, 0.15) is 5.56 Å². The number of benzene rings is 2. The average molecular weight is 353 g/mol. The molecule has 3 rings (SSSR count). The molecular weight excluding hydrogens is 340 g/mol. The molecule has 25 heavy (non-hydrogen) atoms. The van der Waals surface area contributed by atoms with E-state index in [1.165, 1.54) is 10.9 Å². The van der Waals surface area contributed by atoms with Crippen molar-refractivity contribution >= 4 is 24.4 Å². The number of aromatic nitrogens is 3. The monoisotopic (exact) mass is 353 g/mol. The molecule has 0 aliphatic heterocycles. The molecule has 0 fully saturated rings. The summed E-state index contributed by atoms with van der Waals surface area (Å²) in [6.07, 6.45) is 1.53. The number of hydrogen-bond donors (Lipinski definition) is 1. The SMILES string of the molecule is O=C([O-])COc1ccccc1/C=N\n1c(-c2ccccc2)n[nH]c1=S. The second-order valence-electron chi connectivity index (χ2n) is 4.97. The van der Waals surface area contributed by atoms with E-state index in [1.807, 2.05) is 30.3 Å². The van der Waals surface area contributed by atoms with Crippen LogP contribution < -0.4 is 9.84 Å². The van der Waals surface area contributed by atoms with Crippen LogP contribution in [0.25, 0.3) is 11.4 Å². The molecule has 0 aliphatic carbocycles. The Morgan fingerprint density at radius 1 is 1.24 bits per heavy atom. The summed E-state index contributed by atoms with van der Waals surface area (Å²) in [7, 11) is 0. The van der Waals surface area contributed by atoms with E-state index in [4.69, 9.17) is 17.0 Å². The largest absolute Gasteiger partial charge is 0.546 e. The third kappa shape index (κ3) is 3.99. The van der Waals surface area contributed by atoms with Crippen molar-refractivity contribution in [3.8, 4) is 17.1 Å². The van der Waals surface area contributed by atoms with Gasteiger partial charge in [0.25, 0.3) is 0 Å². The molecule has 0 aliphatic rings. The Morgan fingerprint density at radius 2 is 1.96 bits per heavy atom. The molecule has 8 heteroatoms. The van der Waals surface area contributed by atoms with E-state index in [-0.39, 0.29) is 0 Å². The Balaban J connectivity index is 1.93. The lowest BCUT2D eigenvalue weighted by atomic mass is 10.2. The molecule has 0 spiro atoms. The molecule has 0 saturated carbocycles. The van der Waals surface area contributed by atoms with Crippen LogP contribution in [0, 0.1) is 4.77 Å². The van der Waals surface area contributed by atoms with Gasteiger partial charge in [0.05, 0.1) is 12.2 Å². The first-order chi connectivity index (χ1) is 12.1. The lowest BCUT2D eigenvalue weighted by molar-refractivity contribution is -0.307. The summed E-state index contributed by atoms with van der Waals surface area (Å²) in [5, 5.41) is 21.8. The van der Waals surface area contributed by atoms with E-state index >= 15 is 0 Å². The Morgan fingerprint density at radius 3 is 2.72 bits per heavy atom. The highest BCUT2D eigenvalue weighted by molar-refractivity contribution is 7.71. The lowest BCUT2D eigenvalue weighted by Gasteiger charge is -2.09. The molecule has 0 saturated heterocycles. The van der Waals surface area contributed by atoms with Crippen LogP contribution >= 0.6 is 12.2 Å². The second-order valence-corrected chi connectivity index (χ2v) is 5.36. The maximum absolute atomic E-state index is 10.6. The summed E-state index contributed by atoms with van der Waals surface area (Å²) < 4.78 is 7.02. The van der Waals surface area contributed by atoms with Gasteiger partial charge in [-0.2, -0.15) is 14.9 Å². The topological polar surface area (TPSA) is 95.3 Å². The van der Waals surface area contributed by atoms with E-state index in [1.54, 1.807) is 24.3 Å². The van der Waals surface area contributed by atoms with E-state index in [9.17, 15) is 9.90 Å². The molecule has 7 nitrogen and oxygen atoms in total. The standard InChI is InChI=1S/C17H14N4O3S/c22-15(23)11-24-14-9-5-4-8-13(14)10-18-21-16(19-20-17(21)25)12-6-2-1-3-7-12/h1-10H,11H2,(H,20,25)(H,22,23)/p-1/b18-10-. The van der Waals surface area contributed by atoms with Crippen LogP contribution in [-0.4, -0.2) is 33.7 Å². The number of aromatic amines is 1. The van der Waals surface area contributed by atoms with Gasteiger partial charge < -0.3 is 14.6 Å². The number of H-pyrrole nitrogens is 1. The molecule has 3 aromatic rings. The van der Waals surface area contributed by atoms with Crippen LogP contribution in [0.3, 0.4) is 0 Å². The Kier molecular flexibility index (Phi) is 5.00. The third-order valence-electron chi connectivity index (χ3n) is 3.26. The smallest absolute Gasteiger partial charge is 0.216 e. The number of nitrogens with one attached hydrogen (secondary N) is 1. The van der Waals surface area contributed by atoms with Gasteiger partial charge in [0, 0.05) is 11.1 Å². The summed E-state index contributed by atoms with van der Waals surface area (Å²) in [5.41, 5.74) is 1.46. The fraction of sp³-hybridized carbons (Fsp3) is 0.0588. The van der Waals surface area contributed by atoms with Gasteiger partial charge in [0.2, 0.25) is 4.77 Å². The second kappa shape index (κ2) is 7.54. The van der Waals surface area contributed by atoms with E-state index in [0.29, 0.717) is 21.9 Å². The minimum atomic E-state index is -1.30. The van der Waals surface area contributed by atoms with E-state index in [0.717, 1.165) is 5.56 Å². The first-order valence-electron chi connectivity index (χ1n) is 7.34. The van der Waals surface area contributed by atoms with Gasteiger partial charge >= 0.3 is 0 Å². The molecule has 1 heterocycles. The first kappa shape index (κ1) is 16.6. The van der Waals surface area contributed by atoms with Crippen molar-refractivity contribution in [2.24, 2.45) is 5.10 Å². The Labute approximate surface area is 148 Å². The Hall–Kier alpha value is -3.26. The zero-order valence-corrected chi connectivity index (χ0v) is 13.8. The number of carbonyl (C=O) groups is 1. The molecular formula is C17H13N4O3S-. The van der Waals surface area contributed by atoms with Gasteiger partial charge in [-0.05, 0) is 24.4 Å². The highest BCUT2D eigenvalue weighted by Crippen LogP contribution is 2.18. The number of para-hydroxylation sites is 1. The van der Waals surface area contributed by atoms with Crippen LogP contribution in [0.2, 0.25) is 0 Å². The van der Waals surface area contributed by atoms with Gasteiger partial charge in [0.15, 0.2) is 5.82 Å². The molecule has 0 radical (unpaired) electrons. The molecule has 2 aromatic carbocycles. The molecule has 0 unspecified atom stereocenters. The molecule has 0 amide bonds. The summed E-state index contributed by atoms with van der Waals surface area (Å²) >= 11 is 5.22. The normalized spacial score (nSPS) is 10.9. The zero-order valence-electron chi connectivity index (χ0n) is 13.0. The number of ether oxygens (including phenoxy) is 1. The summed E-state index contributed by atoms with van der Waals surface area (Å²) in [4.78, 5) is 10.6. The predicted molar refractivity (Wildman–Crippen MR) is 92.8 cm³/mol. The fourth-order valence-corrected chi connectivity index (χ4v) is 2.33. The average Bonchev–Trinajstić information content (AvgIpc) is 3.00. The third-order valence-corrected chi connectivity index (χ3v) is 3.52. The number of carbonyl (C=O) groups excluding carboxylic acids is 1. The van der Waals surface area contributed by atoms with E-state index < -0.39 is 12.6 Å². The fourth-order valence-electron chi connectivity index (χ4n) is 2.15. The summed E-state index contributed by atoms with van der Waals surface area (Å²) in [6, 6.07) is 16.4. The minimum absolute atomic E-state index is 0.336. The first-order valence-corrected chi connectivity index (χ1v) is 7.75. The number of nitrogens with zero attached hydrogens (tertiary/aromatic N) is 3. The van der Waals surface area contributed by atoms with E-state index in [2.05, 4.69) is 15.3 Å². The van der Waals surface area contributed by atoms with Crippen molar-refractivity contribution in [1.29, 1.82) is 0 Å². The van der Waals surface area contributed by atoms with Crippen LogP contribution in [0.4, 0.5) is 0 Å². The molecule has 126 valence electrons. The maximum atomic E-state index is 10.6. The number of aliphatic carboxylic acids is 1. The van der Waals surface area contributed by atoms with Crippen molar-refractivity contribution in [3.05, 3.63) is 64.9 Å².